The van der Waals surface area contributed by atoms with Gasteiger partial charge in [0.2, 0.25) is 10.0 Å². The summed E-state index contributed by atoms with van der Waals surface area (Å²) in [6, 6.07) is 7.79. The first kappa shape index (κ1) is 25.5. The zero-order valence-electron chi connectivity index (χ0n) is 22.6. The van der Waals surface area contributed by atoms with Gasteiger partial charge in [0.15, 0.2) is 11.5 Å². The Bertz CT molecular complexity index is 1640. The summed E-state index contributed by atoms with van der Waals surface area (Å²) in [4.78, 5) is 6.87. The average Bonchev–Trinajstić information content (AvgIpc) is 3.26. The normalized spacial score (nSPS) is 17.6. The Morgan fingerprint density at radius 1 is 1.08 bits per heavy atom. The van der Waals surface area contributed by atoms with E-state index in [-0.39, 0.29) is 11.5 Å². The standard InChI is InChI=1S/C27H31N7O4S/c1-16-10-29-30-17(2)23(16)18(3)38-21-8-7-20-24(26(21)37-4)25(32-31-20)19-6-9-22(28-11-19)33-12-27(13-33)14-34(15-27)39(5,35)36/h6-11,18H,12-15H2,1-5H3,(H,31,32). The molecule has 1 atom stereocenters. The Balaban J connectivity index is 1.23. The second-order valence-electron chi connectivity index (χ2n) is 10.7. The van der Waals surface area contributed by atoms with E-state index in [0.29, 0.717) is 24.6 Å². The average molecular weight is 550 g/mol. The third-order valence-electron chi connectivity index (χ3n) is 7.73. The largest absolute Gasteiger partial charge is 0.492 e. The molecule has 2 aliphatic heterocycles. The van der Waals surface area contributed by atoms with Crippen LogP contribution < -0.4 is 14.4 Å². The molecule has 2 fully saturated rings. The van der Waals surface area contributed by atoms with E-state index >= 15 is 0 Å². The van der Waals surface area contributed by atoms with E-state index in [1.165, 1.54) is 10.6 Å². The fraction of sp³-hybridized carbons (Fsp3) is 0.407. The minimum Gasteiger partial charge on any atom is -0.492 e. The summed E-state index contributed by atoms with van der Waals surface area (Å²) >= 11 is 0. The minimum atomic E-state index is -3.11. The molecule has 0 radical (unpaired) electrons. The first-order valence-electron chi connectivity index (χ1n) is 12.8. The van der Waals surface area contributed by atoms with Gasteiger partial charge in [0.05, 0.1) is 36.2 Å². The molecule has 3 aromatic heterocycles. The molecule has 4 aromatic rings. The Hall–Kier alpha value is -3.77. The predicted molar refractivity (Wildman–Crippen MR) is 147 cm³/mol. The summed E-state index contributed by atoms with van der Waals surface area (Å²) in [6.45, 7) is 8.68. The molecule has 0 bridgehead atoms. The first-order valence-corrected chi connectivity index (χ1v) is 14.6. The molecule has 6 rings (SSSR count). The highest BCUT2D eigenvalue weighted by Gasteiger charge is 2.54. The molecule has 5 heterocycles. The highest BCUT2D eigenvalue weighted by atomic mass is 32.2. The Kier molecular flexibility index (Phi) is 5.99. The van der Waals surface area contributed by atoms with Gasteiger partial charge in [-0.15, -0.1) is 0 Å². The monoisotopic (exact) mass is 549 g/mol. The number of aryl methyl sites for hydroxylation is 2. The van der Waals surface area contributed by atoms with Gasteiger partial charge in [-0.3, -0.25) is 5.10 Å². The number of pyridine rings is 1. The fourth-order valence-electron chi connectivity index (χ4n) is 5.82. The van der Waals surface area contributed by atoms with Crippen LogP contribution in [0.2, 0.25) is 0 Å². The van der Waals surface area contributed by atoms with E-state index in [9.17, 15) is 8.42 Å². The third kappa shape index (κ3) is 4.37. The van der Waals surface area contributed by atoms with Crippen LogP contribution in [0.3, 0.4) is 0 Å². The van der Waals surface area contributed by atoms with Crippen molar-refractivity contribution in [2.45, 2.75) is 26.9 Å². The number of aromatic nitrogens is 5. The van der Waals surface area contributed by atoms with Gasteiger partial charge in [0.1, 0.15) is 17.6 Å². The Morgan fingerprint density at radius 2 is 1.85 bits per heavy atom. The van der Waals surface area contributed by atoms with Gasteiger partial charge in [-0.05, 0) is 50.6 Å². The summed E-state index contributed by atoms with van der Waals surface area (Å²) < 4.78 is 37.2. The van der Waals surface area contributed by atoms with Crippen LogP contribution in [0.5, 0.6) is 11.5 Å². The fourth-order valence-corrected chi connectivity index (χ4v) is 6.83. The summed E-state index contributed by atoms with van der Waals surface area (Å²) in [7, 11) is -1.49. The molecule has 1 unspecified atom stereocenters. The molecule has 1 aromatic carbocycles. The molecular formula is C27H31N7O4S. The van der Waals surface area contributed by atoms with E-state index in [4.69, 9.17) is 14.5 Å². The quantitative estimate of drug-likeness (QED) is 0.370. The van der Waals surface area contributed by atoms with E-state index < -0.39 is 10.0 Å². The summed E-state index contributed by atoms with van der Waals surface area (Å²) in [5.74, 6) is 2.06. The second kappa shape index (κ2) is 9.16. The Labute approximate surface area is 227 Å². The van der Waals surface area contributed by atoms with Crippen molar-refractivity contribution in [2.75, 3.05) is 44.4 Å². The molecule has 1 spiro atoms. The smallest absolute Gasteiger partial charge is 0.211 e. The Morgan fingerprint density at radius 3 is 2.49 bits per heavy atom. The van der Waals surface area contributed by atoms with Crippen LogP contribution in [0, 0.1) is 19.3 Å². The topological polar surface area (TPSA) is 126 Å². The number of nitrogens with one attached hydrogen (secondary N) is 1. The van der Waals surface area contributed by atoms with E-state index in [2.05, 4.69) is 25.3 Å². The third-order valence-corrected chi connectivity index (χ3v) is 8.92. The van der Waals surface area contributed by atoms with Crippen molar-refractivity contribution >= 4 is 26.7 Å². The highest BCUT2D eigenvalue weighted by molar-refractivity contribution is 7.88. The van der Waals surface area contributed by atoms with Crippen molar-refractivity contribution in [3.63, 3.8) is 0 Å². The summed E-state index contributed by atoms with van der Waals surface area (Å²) in [5.41, 5.74) is 5.29. The maximum Gasteiger partial charge on any atom is 0.211 e. The molecule has 2 aliphatic rings. The second-order valence-corrected chi connectivity index (χ2v) is 12.7. The van der Waals surface area contributed by atoms with Crippen molar-refractivity contribution in [1.29, 1.82) is 0 Å². The lowest BCUT2D eigenvalue weighted by Gasteiger charge is -2.59. The van der Waals surface area contributed by atoms with Crippen molar-refractivity contribution < 1.29 is 17.9 Å². The van der Waals surface area contributed by atoms with Gasteiger partial charge in [-0.1, -0.05) is 0 Å². The maximum absolute atomic E-state index is 11.7. The lowest BCUT2D eigenvalue weighted by molar-refractivity contribution is 0.0395. The van der Waals surface area contributed by atoms with Crippen LogP contribution in [-0.2, 0) is 10.0 Å². The number of benzene rings is 1. The molecule has 0 amide bonds. The van der Waals surface area contributed by atoms with Crippen LogP contribution in [0.1, 0.15) is 29.8 Å². The molecule has 39 heavy (non-hydrogen) atoms. The molecule has 11 nitrogen and oxygen atoms in total. The van der Waals surface area contributed by atoms with Gasteiger partial charge in [0, 0.05) is 48.9 Å². The minimum absolute atomic E-state index is 0.0478. The lowest BCUT2D eigenvalue weighted by Crippen LogP contribution is -2.73. The van der Waals surface area contributed by atoms with Gasteiger partial charge in [-0.2, -0.15) is 15.3 Å². The number of nitrogens with zero attached hydrogens (tertiary/aromatic N) is 6. The molecule has 2 saturated heterocycles. The van der Waals surface area contributed by atoms with Crippen molar-refractivity contribution in [3.8, 4) is 22.8 Å². The van der Waals surface area contributed by atoms with Gasteiger partial charge < -0.3 is 14.4 Å². The first-order chi connectivity index (χ1) is 18.6. The number of aromatic amines is 1. The van der Waals surface area contributed by atoms with E-state index in [1.807, 2.05) is 51.2 Å². The number of hydrogen-bond acceptors (Lipinski definition) is 9. The van der Waals surface area contributed by atoms with Crippen LogP contribution in [0.4, 0.5) is 5.82 Å². The van der Waals surface area contributed by atoms with Crippen molar-refractivity contribution in [1.82, 2.24) is 29.7 Å². The predicted octanol–water partition coefficient (Wildman–Crippen LogP) is 3.26. The molecule has 1 N–H and O–H groups in total. The zero-order valence-corrected chi connectivity index (χ0v) is 23.4. The number of H-pyrrole nitrogens is 1. The number of sulfonamides is 1. The number of hydrogen-bond donors (Lipinski definition) is 1. The molecule has 12 heteroatoms. The van der Waals surface area contributed by atoms with Crippen LogP contribution in [-0.4, -0.2) is 77.6 Å². The van der Waals surface area contributed by atoms with Gasteiger partial charge >= 0.3 is 0 Å². The van der Waals surface area contributed by atoms with Gasteiger partial charge in [-0.25, -0.2) is 17.7 Å². The van der Waals surface area contributed by atoms with Gasteiger partial charge in [0.25, 0.3) is 0 Å². The number of fused-ring (bicyclic) bond motifs is 1. The van der Waals surface area contributed by atoms with Crippen LogP contribution in [0.25, 0.3) is 22.2 Å². The van der Waals surface area contributed by atoms with Crippen LogP contribution in [0.15, 0.2) is 36.7 Å². The van der Waals surface area contributed by atoms with Crippen molar-refractivity contribution in [3.05, 3.63) is 53.5 Å². The number of methoxy groups -OCH3 is 1. The zero-order chi connectivity index (χ0) is 27.5. The molecule has 0 aliphatic carbocycles. The molecular weight excluding hydrogens is 518 g/mol. The summed E-state index contributed by atoms with van der Waals surface area (Å²) in [6.07, 6.45) is 4.55. The molecule has 0 saturated carbocycles. The number of anilines is 1. The van der Waals surface area contributed by atoms with E-state index in [1.54, 1.807) is 13.3 Å². The van der Waals surface area contributed by atoms with Crippen molar-refractivity contribution in [2.24, 2.45) is 5.41 Å². The maximum atomic E-state index is 11.7. The SMILES string of the molecule is COc1c(OC(C)c2c(C)cnnc2C)ccc2[nH]nc(-c3ccc(N4CC5(C4)CN(S(C)(=O)=O)C5)nc3)c12. The van der Waals surface area contributed by atoms with E-state index in [0.717, 1.165) is 57.9 Å². The lowest BCUT2D eigenvalue weighted by atomic mass is 9.74. The summed E-state index contributed by atoms with van der Waals surface area (Å²) in [5, 5.41) is 16.7. The highest BCUT2D eigenvalue weighted by Crippen LogP contribution is 2.44. The number of rotatable bonds is 7. The number of ether oxygens (including phenoxy) is 2. The molecule has 204 valence electrons. The van der Waals surface area contributed by atoms with Crippen LogP contribution >= 0.6 is 0 Å².